The van der Waals surface area contributed by atoms with Gasteiger partial charge in [-0.15, -0.1) is 11.8 Å². The molecule has 1 aromatic heterocycles. The first kappa shape index (κ1) is 11.9. The second kappa shape index (κ2) is 4.75. The molecule has 0 amide bonds. The van der Waals surface area contributed by atoms with Crippen molar-refractivity contribution in [2.75, 3.05) is 5.75 Å². The van der Waals surface area contributed by atoms with Crippen LogP contribution in [0.3, 0.4) is 0 Å². The van der Waals surface area contributed by atoms with Crippen LogP contribution in [0.25, 0.3) is 0 Å². The highest BCUT2D eigenvalue weighted by atomic mass is 79.9. The molecule has 1 saturated carbocycles. The Morgan fingerprint density at radius 2 is 2.38 bits per heavy atom. The molecule has 1 N–H and O–H groups in total. The van der Waals surface area contributed by atoms with E-state index in [1.165, 1.54) is 0 Å². The highest BCUT2D eigenvalue weighted by molar-refractivity contribution is 9.10. The van der Waals surface area contributed by atoms with Crippen LogP contribution < -0.4 is 0 Å². The molecule has 1 fully saturated rings. The van der Waals surface area contributed by atoms with Gasteiger partial charge in [0.05, 0.1) is 6.42 Å². The number of aromatic nitrogens is 1. The van der Waals surface area contributed by atoms with Crippen molar-refractivity contribution in [1.82, 2.24) is 4.98 Å². The largest absolute Gasteiger partial charge is 0.481 e. The Hall–Kier alpha value is -0.550. The lowest BCUT2D eigenvalue weighted by Gasteiger charge is -2.11. The Morgan fingerprint density at radius 1 is 1.62 bits per heavy atom. The Labute approximate surface area is 107 Å². The molecular weight excluding hydrogens is 290 g/mol. The van der Waals surface area contributed by atoms with Gasteiger partial charge in [0.15, 0.2) is 0 Å². The number of carboxylic acids is 1. The third kappa shape index (κ3) is 2.98. The lowest BCUT2D eigenvalue weighted by Crippen LogP contribution is -2.11. The number of hydrogen-bond donors (Lipinski definition) is 1. The van der Waals surface area contributed by atoms with E-state index in [9.17, 15) is 4.79 Å². The lowest BCUT2D eigenvalue weighted by atomic mass is 10.1. The van der Waals surface area contributed by atoms with E-state index >= 15 is 0 Å². The van der Waals surface area contributed by atoms with Gasteiger partial charge in [0.1, 0.15) is 5.03 Å². The molecule has 0 aliphatic heterocycles. The zero-order valence-electron chi connectivity index (χ0n) is 8.65. The molecule has 0 saturated heterocycles. The quantitative estimate of drug-likeness (QED) is 0.849. The van der Waals surface area contributed by atoms with E-state index in [2.05, 4.69) is 20.9 Å². The second-order valence-electron chi connectivity index (χ2n) is 4.15. The van der Waals surface area contributed by atoms with Crippen LogP contribution in [0.4, 0.5) is 0 Å². The Kier molecular flexibility index (Phi) is 3.54. The topological polar surface area (TPSA) is 50.2 Å². The number of pyridine rings is 1. The minimum atomic E-state index is -0.696. The van der Waals surface area contributed by atoms with Crippen molar-refractivity contribution in [3.63, 3.8) is 0 Å². The molecule has 0 bridgehead atoms. The molecule has 0 aromatic carbocycles. The van der Waals surface area contributed by atoms with E-state index in [0.717, 1.165) is 28.1 Å². The molecule has 0 radical (unpaired) electrons. The van der Waals surface area contributed by atoms with Crippen molar-refractivity contribution in [1.29, 1.82) is 0 Å². The number of hydrogen-bond acceptors (Lipinski definition) is 3. The number of halogens is 1. The normalized spacial score (nSPS) is 17.1. The molecule has 86 valence electrons. The average Bonchev–Trinajstić information content (AvgIpc) is 2.96. The second-order valence-corrected chi connectivity index (χ2v) is 5.97. The van der Waals surface area contributed by atoms with E-state index in [1.54, 1.807) is 18.0 Å². The van der Waals surface area contributed by atoms with Crippen LogP contribution in [0.5, 0.6) is 0 Å². The Bertz CT molecular complexity index is 407. The van der Waals surface area contributed by atoms with E-state index in [1.807, 2.05) is 12.1 Å². The summed E-state index contributed by atoms with van der Waals surface area (Å²) in [5.41, 5.74) is 0.0213. The lowest BCUT2D eigenvalue weighted by molar-refractivity contribution is -0.138. The standard InChI is InChI=1S/C11H12BrNO2S/c12-8-2-1-5-13-10(8)16-7-11(3-4-11)6-9(14)15/h1-2,5H,3-4,6-7H2,(H,14,15). The smallest absolute Gasteiger partial charge is 0.303 e. The van der Waals surface area contributed by atoms with Gasteiger partial charge in [0.2, 0.25) is 0 Å². The van der Waals surface area contributed by atoms with Crippen molar-refractivity contribution >= 4 is 33.7 Å². The summed E-state index contributed by atoms with van der Waals surface area (Å²) in [6.07, 6.45) is 4.09. The van der Waals surface area contributed by atoms with Crippen LogP contribution in [0.1, 0.15) is 19.3 Å². The summed E-state index contributed by atoms with van der Waals surface area (Å²) < 4.78 is 0.978. The number of nitrogens with zero attached hydrogens (tertiary/aromatic N) is 1. The minimum Gasteiger partial charge on any atom is -0.481 e. The summed E-state index contributed by atoms with van der Waals surface area (Å²) in [6.45, 7) is 0. The summed E-state index contributed by atoms with van der Waals surface area (Å²) in [5, 5.41) is 9.75. The Morgan fingerprint density at radius 3 is 2.94 bits per heavy atom. The van der Waals surface area contributed by atoms with Gasteiger partial charge in [-0.25, -0.2) is 4.98 Å². The molecule has 0 atom stereocenters. The molecule has 1 aliphatic carbocycles. The third-order valence-corrected chi connectivity index (χ3v) is 4.98. The number of carboxylic acid groups (broad SMARTS) is 1. The van der Waals surface area contributed by atoms with Gasteiger partial charge in [-0.05, 0) is 46.3 Å². The number of rotatable bonds is 5. The third-order valence-electron chi connectivity index (χ3n) is 2.72. The van der Waals surface area contributed by atoms with Crippen molar-refractivity contribution in [2.24, 2.45) is 5.41 Å². The molecule has 5 heteroatoms. The van der Waals surface area contributed by atoms with Gasteiger partial charge in [0, 0.05) is 16.4 Å². The van der Waals surface area contributed by atoms with Crippen LogP contribution in [-0.2, 0) is 4.79 Å². The van der Waals surface area contributed by atoms with Crippen molar-refractivity contribution in [3.8, 4) is 0 Å². The van der Waals surface area contributed by atoms with Gasteiger partial charge < -0.3 is 5.11 Å². The summed E-state index contributed by atoms with van der Waals surface area (Å²) in [4.78, 5) is 15.0. The number of aliphatic carboxylic acids is 1. The first-order valence-corrected chi connectivity index (χ1v) is 6.84. The first-order valence-electron chi connectivity index (χ1n) is 5.06. The molecule has 1 aliphatic rings. The van der Waals surface area contributed by atoms with E-state index in [-0.39, 0.29) is 11.8 Å². The monoisotopic (exact) mass is 301 g/mol. The van der Waals surface area contributed by atoms with Gasteiger partial charge in [-0.2, -0.15) is 0 Å². The fraction of sp³-hybridized carbons (Fsp3) is 0.455. The molecule has 0 spiro atoms. The predicted octanol–water partition coefficient (Wildman–Crippen LogP) is 3.19. The maximum Gasteiger partial charge on any atom is 0.303 e. The van der Waals surface area contributed by atoms with Crippen molar-refractivity contribution < 1.29 is 9.90 Å². The van der Waals surface area contributed by atoms with Crippen molar-refractivity contribution in [2.45, 2.75) is 24.3 Å². The molecule has 1 aromatic rings. The molecule has 2 rings (SSSR count). The number of carbonyl (C=O) groups is 1. The molecular formula is C11H12BrNO2S. The summed E-state index contributed by atoms with van der Waals surface area (Å²) in [5.74, 6) is 0.146. The van der Waals surface area contributed by atoms with Gasteiger partial charge in [-0.3, -0.25) is 4.79 Å². The maximum atomic E-state index is 10.7. The molecule has 16 heavy (non-hydrogen) atoms. The summed E-state index contributed by atoms with van der Waals surface area (Å²) in [7, 11) is 0. The van der Waals surface area contributed by atoms with E-state index in [4.69, 9.17) is 5.11 Å². The highest BCUT2D eigenvalue weighted by Gasteiger charge is 2.44. The minimum absolute atomic E-state index is 0.0213. The summed E-state index contributed by atoms with van der Waals surface area (Å²) >= 11 is 5.07. The van der Waals surface area contributed by atoms with Crippen LogP contribution >= 0.6 is 27.7 Å². The van der Waals surface area contributed by atoms with E-state index < -0.39 is 5.97 Å². The van der Waals surface area contributed by atoms with Gasteiger partial charge in [0.25, 0.3) is 0 Å². The Balaban J connectivity index is 1.93. The fourth-order valence-corrected chi connectivity index (χ4v) is 3.34. The van der Waals surface area contributed by atoms with Crippen LogP contribution in [0.2, 0.25) is 0 Å². The highest BCUT2D eigenvalue weighted by Crippen LogP contribution is 2.52. The molecule has 0 unspecified atom stereocenters. The van der Waals surface area contributed by atoms with Gasteiger partial charge in [-0.1, -0.05) is 0 Å². The predicted molar refractivity (Wildman–Crippen MR) is 66.6 cm³/mol. The number of thioether (sulfide) groups is 1. The van der Waals surface area contributed by atoms with Crippen LogP contribution in [-0.4, -0.2) is 21.8 Å². The van der Waals surface area contributed by atoms with Crippen LogP contribution in [0.15, 0.2) is 27.8 Å². The molecule has 3 nitrogen and oxygen atoms in total. The van der Waals surface area contributed by atoms with Crippen molar-refractivity contribution in [3.05, 3.63) is 22.8 Å². The zero-order chi connectivity index (χ0) is 11.6. The fourth-order valence-electron chi connectivity index (χ4n) is 1.57. The first-order chi connectivity index (χ1) is 7.61. The van der Waals surface area contributed by atoms with E-state index in [0.29, 0.717) is 0 Å². The average molecular weight is 302 g/mol. The SMILES string of the molecule is O=C(O)CC1(CSc2ncccc2Br)CC1. The zero-order valence-corrected chi connectivity index (χ0v) is 11.1. The summed E-state index contributed by atoms with van der Waals surface area (Å²) in [6, 6.07) is 3.82. The van der Waals surface area contributed by atoms with Crippen LogP contribution in [0, 0.1) is 5.41 Å². The van der Waals surface area contributed by atoms with Gasteiger partial charge >= 0.3 is 5.97 Å². The maximum absolute atomic E-state index is 10.7. The molecule has 1 heterocycles.